The predicted octanol–water partition coefficient (Wildman–Crippen LogP) is 1.27. The van der Waals surface area contributed by atoms with Crippen molar-refractivity contribution in [3.8, 4) is 0 Å². The summed E-state index contributed by atoms with van der Waals surface area (Å²) in [6.45, 7) is 3.50. The molecule has 1 radical (unpaired) electrons. The highest BCUT2D eigenvalue weighted by Gasteiger charge is 2.12. The lowest BCUT2D eigenvalue weighted by atomic mass is 10.2. The van der Waals surface area contributed by atoms with E-state index in [4.69, 9.17) is 0 Å². The van der Waals surface area contributed by atoms with E-state index in [-0.39, 0.29) is 4.92 Å². The highest BCUT2D eigenvalue weighted by atomic mass is 16.6. The first-order valence-electron chi connectivity index (χ1n) is 2.65. The molecule has 0 aromatic carbocycles. The van der Waals surface area contributed by atoms with Gasteiger partial charge in [0.1, 0.15) is 0 Å². The van der Waals surface area contributed by atoms with Crippen LogP contribution in [0.2, 0.25) is 0 Å². The van der Waals surface area contributed by atoms with Gasteiger partial charge in [-0.15, -0.1) is 0 Å². The highest BCUT2D eigenvalue weighted by molar-refractivity contribution is 4.67. The van der Waals surface area contributed by atoms with Crippen molar-refractivity contribution in [3.63, 3.8) is 0 Å². The molecule has 0 N–H and O–H groups in total. The lowest BCUT2D eigenvalue weighted by Gasteiger charge is -1.99. The van der Waals surface area contributed by atoms with Crippen LogP contribution in [0, 0.1) is 16.5 Å². The number of nitro groups is 1. The molecule has 0 bridgehead atoms. The Bertz CT molecular complexity index is 78.5. The Kier molecular flexibility index (Phi) is 3.15. The van der Waals surface area contributed by atoms with E-state index in [1.165, 1.54) is 0 Å². The van der Waals surface area contributed by atoms with Gasteiger partial charge in [-0.1, -0.05) is 13.8 Å². The van der Waals surface area contributed by atoms with Crippen LogP contribution in [0.4, 0.5) is 0 Å². The molecule has 47 valence electrons. The van der Waals surface area contributed by atoms with Gasteiger partial charge in [-0.3, -0.25) is 10.1 Å². The van der Waals surface area contributed by atoms with Crippen LogP contribution in [0.25, 0.3) is 0 Å². The number of hydrogen-bond donors (Lipinski definition) is 0. The lowest BCUT2D eigenvalue weighted by molar-refractivity contribution is -0.513. The molecule has 0 fully saturated rings. The normalized spacial score (nSPS) is 9.88. The molecule has 0 rings (SSSR count). The van der Waals surface area contributed by atoms with E-state index < -0.39 is 6.04 Å². The molecular formula is C5H10NO2. The van der Waals surface area contributed by atoms with Crippen molar-refractivity contribution in [1.29, 1.82) is 0 Å². The zero-order chi connectivity index (χ0) is 6.57. The number of nitrogens with zero attached hydrogens (tertiary/aromatic N) is 1. The summed E-state index contributed by atoms with van der Waals surface area (Å²) in [4.78, 5) is 9.66. The van der Waals surface area contributed by atoms with Gasteiger partial charge in [0, 0.05) is 17.8 Å². The molecule has 0 aliphatic rings. The molecule has 0 spiro atoms. The van der Waals surface area contributed by atoms with Crippen LogP contribution in [-0.2, 0) is 0 Å². The Balaban J connectivity index is 3.52. The van der Waals surface area contributed by atoms with Crippen LogP contribution in [0.1, 0.15) is 20.3 Å². The SMILES string of the molecule is C[CH]C(CC)[N+](=O)[O-]. The molecule has 3 heteroatoms. The Morgan fingerprint density at radius 3 is 2.38 bits per heavy atom. The van der Waals surface area contributed by atoms with E-state index in [9.17, 15) is 10.1 Å². The van der Waals surface area contributed by atoms with Crippen molar-refractivity contribution in [2.75, 3.05) is 0 Å². The first-order valence-corrected chi connectivity index (χ1v) is 2.65. The fourth-order valence-electron chi connectivity index (χ4n) is 0.506. The highest BCUT2D eigenvalue weighted by Crippen LogP contribution is 1.98. The van der Waals surface area contributed by atoms with Crippen molar-refractivity contribution < 1.29 is 4.92 Å². The van der Waals surface area contributed by atoms with Crippen LogP contribution in [-0.4, -0.2) is 11.0 Å². The summed E-state index contributed by atoms with van der Waals surface area (Å²) >= 11 is 0. The van der Waals surface area contributed by atoms with Crippen molar-refractivity contribution in [2.45, 2.75) is 26.3 Å². The van der Waals surface area contributed by atoms with E-state index in [2.05, 4.69) is 0 Å². The third-order valence-electron chi connectivity index (χ3n) is 1.07. The minimum Gasteiger partial charge on any atom is -0.264 e. The quantitative estimate of drug-likeness (QED) is 0.411. The van der Waals surface area contributed by atoms with Crippen molar-refractivity contribution >= 4 is 0 Å². The summed E-state index contributed by atoms with van der Waals surface area (Å²) in [5.74, 6) is 0. The average molecular weight is 116 g/mol. The molecule has 0 aliphatic carbocycles. The first-order chi connectivity index (χ1) is 3.72. The van der Waals surface area contributed by atoms with Gasteiger partial charge in [-0.25, -0.2) is 0 Å². The maximum absolute atomic E-state index is 9.94. The Morgan fingerprint density at radius 1 is 1.88 bits per heavy atom. The molecular weight excluding hydrogens is 106 g/mol. The third-order valence-corrected chi connectivity index (χ3v) is 1.07. The Labute approximate surface area is 48.9 Å². The fourth-order valence-corrected chi connectivity index (χ4v) is 0.506. The van der Waals surface area contributed by atoms with Gasteiger partial charge < -0.3 is 0 Å². The molecule has 0 saturated heterocycles. The molecule has 8 heavy (non-hydrogen) atoms. The summed E-state index contributed by atoms with van der Waals surface area (Å²) in [7, 11) is 0. The second-order valence-electron chi connectivity index (χ2n) is 1.59. The predicted molar refractivity (Wildman–Crippen MR) is 31.0 cm³/mol. The number of rotatable bonds is 3. The van der Waals surface area contributed by atoms with E-state index in [1.54, 1.807) is 20.3 Å². The summed E-state index contributed by atoms with van der Waals surface area (Å²) in [6.07, 6.45) is 2.18. The standard InChI is InChI=1S/C5H10NO2/c1-3-5(4-2)6(7)8/h3,5H,4H2,1-2H3. The van der Waals surface area contributed by atoms with Crippen LogP contribution in [0.15, 0.2) is 0 Å². The van der Waals surface area contributed by atoms with Gasteiger partial charge in [-0.05, 0) is 0 Å². The molecule has 1 unspecified atom stereocenters. The van der Waals surface area contributed by atoms with Crippen LogP contribution in [0.5, 0.6) is 0 Å². The van der Waals surface area contributed by atoms with Crippen molar-refractivity contribution in [2.24, 2.45) is 0 Å². The molecule has 0 heterocycles. The smallest absolute Gasteiger partial charge is 0.215 e. The van der Waals surface area contributed by atoms with Gasteiger partial charge in [0.2, 0.25) is 6.04 Å². The average Bonchev–Trinajstić information content (AvgIpc) is 1.69. The van der Waals surface area contributed by atoms with Crippen LogP contribution in [0.3, 0.4) is 0 Å². The zero-order valence-corrected chi connectivity index (χ0v) is 5.13. The molecule has 0 aromatic heterocycles. The monoisotopic (exact) mass is 116 g/mol. The summed E-state index contributed by atoms with van der Waals surface area (Å²) in [5.41, 5.74) is 0. The molecule has 1 atom stereocenters. The zero-order valence-electron chi connectivity index (χ0n) is 5.13. The van der Waals surface area contributed by atoms with Gasteiger partial charge >= 0.3 is 0 Å². The fraction of sp³-hybridized carbons (Fsp3) is 0.800. The Hall–Kier alpha value is -0.600. The molecule has 3 nitrogen and oxygen atoms in total. The molecule has 0 aliphatic heterocycles. The largest absolute Gasteiger partial charge is 0.264 e. The topological polar surface area (TPSA) is 43.1 Å². The molecule has 0 aromatic rings. The van der Waals surface area contributed by atoms with E-state index in [0.29, 0.717) is 6.42 Å². The lowest BCUT2D eigenvalue weighted by Crippen LogP contribution is -2.16. The van der Waals surface area contributed by atoms with Crippen molar-refractivity contribution in [3.05, 3.63) is 16.5 Å². The van der Waals surface area contributed by atoms with Crippen LogP contribution < -0.4 is 0 Å². The summed E-state index contributed by atoms with van der Waals surface area (Å²) in [5, 5.41) is 9.94. The summed E-state index contributed by atoms with van der Waals surface area (Å²) in [6, 6.07) is -0.449. The van der Waals surface area contributed by atoms with Gasteiger partial charge in [0.15, 0.2) is 0 Å². The first kappa shape index (κ1) is 7.40. The van der Waals surface area contributed by atoms with E-state index >= 15 is 0 Å². The molecule has 0 amide bonds. The summed E-state index contributed by atoms with van der Waals surface area (Å²) < 4.78 is 0. The number of hydrogen-bond acceptors (Lipinski definition) is 2. The Morgan fingerprint density at radius 2 is 2.38 bits per heavy atom. The van der Waals surface area contributed by atoms with E-state index in [1.807, 2.05) is 0 Å². The van der Waals surface area contributed by atoms with E-state index in [0.717, 1.165) is 0 Å². The van der Waals surface area contributed by atoms with Crippen LogP contribution >= 0.6 is 0 Å². The van der Waals surface area contributed by atoms with Gasteiger partial charge in [-0.2, -0.15) is 0 Å². The second-order valence-corrected chi connectivity index (χ2v) is 1.59. The van der Waals surface area contributed by atoms with Gasteiger partial charge in [0.05, 0.1) is 0 Å². The maximum Gasteiger partial charge on any atom is 0.215 e. The molecule has 0 saturated carbocycles. The van der Waals surface area contributed by atoms with Gasteiger partial charge in [0.25, 0.3) is 0 Å². The minimum atomic E-state index is -0.449. The van der Waals surface area contributed by atoms with Crippen molar-refractivity contribution in [1.82, 2.24) is 0 Å². The third kappa shape index (κ3) is 1.91. The minimum absolute atomic E-state index is 0.278. The maximum atomic E-state index is 9.94. The second kappa shape index (κ2) is 3.41.